The Morgan fingerprint density at radius 2 is 1.75 bits per heavy atom. The van der Waals surface area contributed by atoms with Gasteiger partial charge in [0.05, 0.1) is 6.61 Å². The van der Waals surface area contributed by atoms with E-state index < -0.39 is 30.0 Å². The topological polar surface area (TPSA) is 111 Å². The molecule has 0 spiro atoms. The van der Waals surface area contributed by atoms with Crippen molar-refractivity contribution in [2.45, 2.75) is 32.9 Å². The Morgan fingerprint density at radius 3 is 2.19 bits per heavy atom. The number of amides is 3. The van der Waals surface area contributed by atoms with E-state index >= 15 is 0 Å². The minimum Gasteiger partial charge on any atom is -0.464 e. The fourth-order valence-corrected chi connectivity index (χ4v) is 0.944. The highest BCUT2D eigenvalue weighted by atomic mass is 16.5. The van der Waals surface area contributed by atoms with E-state index in [0.717, 1.165) is 0 Å². The van der Waals surface area contributed by atoms with Crippen molar-refractivity contribution in [1.82, 2.24) is 10.6 Å². The van der Waals surface area contributed by atoms with Crippen molar-refractivity contribution in [1.29, 1.82) is 0 Å². The molecule has 0 rings (SSSR count). The third-order valence-electron chi connectivity index (χ3n) is 1.75. The molecule has 0 aliphatic rings. The first-order valence-corrected chi connectivity index (χ1v) is 4.91. The van der Waals surface area contributed by atoms with Crippen LogP contribution in [0.3, 0.4) is 0 Å². The Morgan fingerprint density at radius 1 is 1.19 bits per heavy atom. The van der Waals surface area contributed by atoms with Crippen LogP contribution in [0, 0.1) is 0 Å². The Labute approximate surface area is 93.7 Å². The van der Waals surface area contributed by atoms with Crippen LogP contribution in [0.25, 0.3) is 0 Å². The van der Waals surface area contributed by atoms with E-state index in [1.165, 1.54) is 13.8 Å². The standard InChI is InChI=1S/C9H17N3O4/c1-4-16-8(14)6(3)11-7(13)5(2)12-9(10)15/h5-6H,4H2,1-3H3,(H,11,13)(H3,10,12,15). The van der Waals surface area contributed by atoms with Gasteiger partial charge in [-0.1, -0.05) is 0 Å². The van der Waals surface area contributed by atoms with Gasteiger partial charge in [-0.3, -0.25) is 4.79 Å². The molecule has 7 nitrogen and oxygen atoms in total. The average Bonchev–Trinajstić information content (AvgIpc) is 2.16. The highest BCUT2D eigenvalue weighted by Gasteiger charge is 2.20. The minimum absolute atomic E-state index is 0.244. The predicted molar refractivity (Wildman–Crippen MR) is 56.4 cm³/mol. The minimum atomic E-state index is -0.800. The number of ether oxygens (including phenoxy) is 1. The number of hydrogen-bond donors (Lipinski definition) is 3. The molecule has 0 bridgehead atoms. The molecule has 7 heteroatoms. The van der Waals surface area contributed by atoms with Crippen molar-refractivity contribution < 1.29 is 19.1 Å². The van der Waals surface area contributed by atoms with E-state index in [4.69, 9.17) is 10.5 Å². The monoisotopic (exact) mass is 231 g/mol. The number of esters is 1. The van der Waals surface area contributed by atoms with Crippen molar-refractivity contribution >= 4 is 17.9 Å². The van der Waals surface area contributed by atoms with Crippen LogP contribution in [0.1, 0.15) is 20.8 Å². The molecule has 4 N–H and O–H groups in total. The molecular weight excluding hydrogens is 214 g/mol. The van der Waals surface area contributed by atoms with E-state index in [9.17, 15) is 14.4 Å². The molecule has 0 saturated heterocycles. The summed E-state index contributed by atoms with van der Waals surface area (Å²) < 4.78 is 4.70. The van der Waals surface area contributed by atoms with Gasteiger partial charge >= 0.3 is 12.0 Å². The van der Waals surface area contributed by atoms with Crippen molar-refractivity contribution in [3.63, 3.8) is 0 Å². The Hall–Kier alpha value is -1.79. The summed E-state index contributed by atoms with van der Waals surface area (Å²) in [5, 5.41) is 4.58. The van der Waals surface area contributed by atoms with Gasteiger partial charge in [-0.15, -0.1) is 0 Å². The molecule has 2 atom stereocenters. The van der Waals surface area contributed by atoms with Crippen molar-refractivity contribution in [2.24, 2.45) is 5.73 Å². The molecule has 0 aromatic heterocycles. The number of urea groups is 1. The Kier molecular flexibility index (Phi) is 5.91. The highest BCUT2D eigenvalue weighted by Crippen LogP contribution is 1.90. The summed E-state index contributed by atoms with van der Waals surface area (Å²) in [6.45, 7) is 4.86. The first-order valence-electron chi connectivity index (χ1n) is 4.91. The largest absolute Gasteiger partial charge is 0.464 e. The van der Waals surface area contributed by atoms with Crippen molar-refractivity contribution in [3.05, 3.63) is 0 Å². The highest BCUT2D eigenvalue weighted by molar-refractivity contribution is 5.89. The lowest BCUT2D eigenvalue weighted by Gasteiger charge is -2.16. The van der Waals surface area contributed by atoms with E-state index in [1.807, 2.05) is 0 Å². The Bertz CT molecular complexity index is 280. The number of rotatable bonds is 5. The summed E-state index contributed by atoms with van der Waals surface area (Å²) >= 11 is 0. The normalized spacial score (nSPS) is 13.4. The summed E-state index contributed by atoms with van der Waals surface area (Å²) in [5.74, 6) is -1.03. The van der Waals surface area contributed by atoms with Gasteiger partial charge in [-0.2, -0.15) is 0 Å². The first kappa shape index (κ1) is 14.2. The maximum absolute atomic E-state index is 11.4. The van der Waals surface area contributed by atoms with E-state index in [0.29, 0.717) is 0 Å². The predicted octanol–water partition coefficient (Wildman–Crippen LogP) is -0.889. The molecule has 0 aliphatic carbocycles. The zero-order chi connectivity index (χ0) is 12.7. The Balaban J connectivity index is 4.12. The summed E-state index contributed by atoms with van der Waals surface area (Å²) in [6.07, 6.45) is 0. The van der Waals surface area contributed by atoms with Crippen LogP contribution in [-0.4, -0.2) is 36.6 Å². The molecule has 0 aromatic carbocycles. The van der Waals surface area contributed by atoms with Crippen LogP contribution in [0.15, 0.2) is 0 Å². The molecule has 92 valence electrons. The van der Waals surface area contributed by atoms with Crippen LogP contribution in [0.4, 0.5) is 4.79 Å². The van der Waals surface area contributed by atoms with Crippen LogP contribution in [-0.2, 0) is 14.3 Å². The van der Waals surface area contributed by atoms with Gasteiger partial charge in [0.1, 0.15) is 12.1 Å². The van der Waals surface area contributed by atoms with Crippen LogP contribution < -0.4 is 16.4 Å². The third kappa shape index (κ3) is 5.18. The summed E-state index contributed by atoms with van der Waals surface area (Å²) in [6, 6.07) is -2.36. The molecule has 2 unspecified atom stereocenters. The smallest absolute Gasteiger partial charge is 0.328 e. The lowest BCUT2D eigenvalue weighted by molar-refractivity contribution is -0.147. The number of hydrogen-bond acceptors (Lipinski definition) is 4. The summed E-state index contributed by atoms with van der Waals surface area (Å²) in [7, 11) is 0. The number of nitrogens with one attached hydrogen (secondary N) is 2. The molecule has 0 radical (unpaired) electrons. The molecular formula is C9H17N3O4. The van der Waals surface area contributed by atoms with Gasteiger partial charge in [0.15, 0.2) is 0 Å². The third-order valence-corrected chi connectivity index (χ3v) is 1.75. The number of carbonyl (C=O) groups is 3. The molecule has 0 aliphatic heterocycles. The zero-order valence-corrected chi connectivity index (χ0v) is 9.57. The summed E-state index contributed by atoms with van der Waals surface area (Å²) in [4.78, 5) is 33.1. The second kappa shape index (κ2) is 6.65. The molecule has 0 aromatic rings. The molecule has 0 fully saturated rings. The zero-order valence-electron chi connectivity index (χ0n) is 9.57. The number of carbonyl (C=O) groups excluding carboxylic acids is 3. The molecule has 16 heavy (non-hydrogen) atoms. The van der Waals surface area contributed by atoms with Gasteiger partial charge in [0.2, 0.25) is 5.91 Å². The van der Waals surface area contributed by atoms with E-state index in [1.54, 1.807) is 6.92 Å². The first-order chi connectivity index (χ1) is 7.38. The summed E-state index contributed by atoms with van der Waals surface area (Å²) in [5.41, 5.74) is 4.85. The van der Waals surface area contributed by atoms with Crippen LogP contribution in [0.5, 0.6) is 0 Å². The number of nitrogens with two attached hydrogens (primary N) is 1. The second-order valence-corrected chi connectivity index (χ2v) is 3.21. The quantitative estimate of drug-likeness (QED) is 0.533. The van der Waals surface area contributed by atoms with Crippen LogP contribution >= 0.6 is 0 Å². The average molecular weight is 231 g/mol. The van der Waals surface area contributed by atoms with Gasteiger partial charge in [0, 0.05) is 0 Å². The molecule has 3 amide bonds. The second-order valence-electron chi connectivity index (χ2n) is 3.21. The number of primary amides is 1. The van der Waals surface area contributed by atoms with E-state index in [-0.39, 0.29) is 6.61 Å². The van der Waals surface area contributed by atoms with Crippen LogP contribution in [0.2, 0.25) is 0 Å². The van der Waals surface area contributed by atoms with Gasteiger partial charge in [0.25, 0.3) is 0 Å². The van der Waals surface area contributed by atoms with Crippen molar-refractivity contribution in [3.8, 4) is 0 Å². The lowest BCUT2D eigenvalue weighted by atomic mass is 10.2. The van der Waals surface area contributed by atoms with E-state index in [2.05, 4.69) is 10.6 Å². The molecule has 0 saturated carbocycles. The maximum atomic E-state index is 11.4. The van der Waals surface area contributed by atoms with Gasteiger partial charge in [-0.05, 0) is 20.8 Å². The van der Waals surface area contributed by atoms with Gasteiger partial charge < -0.3 is 21.1 Å². The SMILES string of the molecule is CCOC(=O)C(C)NC(=O)C(C)NC(N)=O. The molecule has 0 heterocycles. The fourth-order valence-electron chi connectivity index (χ4n) is 0.944. The fraction of sp³-hybridized carbons (Fsp3) is 0.667. The van der Waals surface area contributed by atoms with Gasteiger partial charge in [-0.25, -0.2) is 9.59 Å². The van der Waals surface area contributed by atoms with Crippen molar-refractivity contribution in [2.75, 3.05) is 6.61 Å². The maximum Gasteiger partial charge on any atom is 0.328 e. The lowest BCUT2D eigenvalue weighted by Crippen LogP contribution is -2.50.